The smallest absolute Gasteiger partial charge is 0.254 e. The van der Waals surface area contributed by atoms with Gasteiger partial charge in [-0.15, -0.1) is 0 Å². The van der Waals surface area contributed by atoms with E-state index in [0.29, 0.717) is 18.7 Å². The molecule has 1 amide bonds. The van der Waals surface area contributed by atoms with E-state index in [1.54, 1.807) is 5.06 Å². The molecule has 5 nitrogen and oxygen atoms in total. The summed E-state index contributed by atoms with van der Waals surface area (Å²) in [4.78, 5) is 31.1. The van der Waals surface area contributed by atoms with E-state index in [1.165, 1.54) is 6.92 Å². The number of carbonyl (C=O) groups excluding carboxylic acids is 2. The van der Waals surface area contributed by atoms with Crippen molar-refractivity contribution >= 4 is 17.3 Å². The summed E-state index contributed by atoms with van der Waals surface area (Å²) in [5.74, 6) is -0.396. The van der Waals surface area contributed by atoms with Crippen molar-refractivity contribution in [3.63, 3.8) is 0 Å². The minimum absolute atomic E-state index is 0.112. The summed E-state index contributed by atoms with van der Waals surface area (Å²) in [7, 11) is 0. The van der Waals surface area contributed by atoms with Crippen molar-refractivity contribution in [1.29, 1.82) is 0 Å². The molecule has 3 rings (SSSR count). The standard InChI is InChI=1S/C22H24N2O3/c1-4-27-24-14-18-12-8-9-13-19(18)20(15(24)2)22(26)23-21(16(3)25)17-10-6-5-7-11-17/h5-13,21H,4,14H2,1-3H3,(H,23,26)/t21-/m1/s1. The van der Waals surface area contributed by atoms with E-state index in [-0.39, 0.29) is 11.7 Å². The van der Waals surface area contributed by atoms with Gasteiger partial charge in [-0.2, -0.15) is 0 Å². The van der Waals surface area contributed by atoms with Crippen LogP contribution in [0.2, 0.25) is 0 Å². The minimum Gasteiger partial charge on any atom is -0.338 e. The summed E-state index contributed by atoms with van der Waals surface area (Å²) < 4.78 is 0. The average Bonchev–Trinajstić information content (AvgIpc) is 2.67. The second-order valence-corrected chi connectivity index (χ2v) is 6.50. The summed E-state index contributed by atoms with van der Waals surface area (Å²) >= 11 is 0. The van der Waals surface area contributed by atoms with E-state index in [0.717, 1.165) is 22.4 Å². The molecule has 0 aliphatic carbocycles. The summed E-state index contributed by atoms with van der Waals surface area (Å²) in [6, 6.07) is 16.4. The fourth-order valence-corrected chi connectivity index (χ4v) is 3.35. The number of fused-ring (bicyclic) bond motifs is 1. The van der Waals surface area contributed by atoms with Crippen LogP contribution < -0.4 is 5.32 Å². The van der Waals surface area contributed by atoms with Crippen molar-refractivity contribution in [1.82, 2.24) is 10.4 Å². The molecule has 0 saturated heterocycles. The van der Waals surface area contributed by atoms with E-state index in [4.69, 9.17) is 4.84 Å². The first-order valence-electron chi connectivity index (χ1n) is 9.08. The van der Waals surface area contributed by atoms with E-state index in [9.17, 15) is 9.59 Å². The predicted molar refractivity (Wildman–Crippen MR) is 104 cm³/mol. The molecule has 1 heterocycles. The van der Waals surface area contributed by atoms with Crippen LogP contribution in [-0.2, 0) is 21.0 Å². The topological polar surface area (TPSA) is 58.6 Å². The molecule has 0 spiro atoms. The summed E-state index contributed by atoms with van der Waals surface area (Å²) in [6.07, 6.45) is 0. The second-order valence-electron chi connectivity index (χ2n) is 6.50. The van der Waals surface area contributed by atoms with Gasteiger partial charge in [-0.05, 0) is 37.5 Å². The zero-order valence-corrected chi connectivity index (χ0v) is 15.9. The Kier molecular flexibility index (Phi) is 5.72. The molecule has 0 unspecified atom stereocenters. The average molecular weight is 364 g/mol. The Labute approximate surface area is 159 Å². The molecule has 0 bridgehead atoms. The number of hydroxylamine groups is 2. The highest BCUT2D eigenvalue weighted by Gasteiger charge is 2.29. The maximum absolute atomic E-state index is 13.2. The van der Waals surface area contributed by atoms with Crippen LogP contribution in [-0.4, -0.2) is 23.4 Å². The van der Waals surface area contributed by atoms with Gasteiger partial charge in [0.15, 0.2) is 5.78 Å². The number of hydrogen-bond acceptors (Lipinski definition) is 4. The van der Waals surface area contributed by atoms with Gasteiger partial charge in [-0.1, -0.05) is 54.6 Å². The number of carbonyl (C=O) groups is 2. The lowest BCUT2D eigenvalue weighted by molar-refractivity contribution is -0.135. The number of rotatable bonds is 6. The van der Waals surface area contributed by atoms with Gasteiger partial charge in [0.05, 0.1) is 24.4 Å². The van der Waals surface area contributed by atoms with Gasteiger partial charge in [0, 0.05) is 0 Å². The highest BCUT2D eigenvalue weighted by molar-refractivity contribution is 6.21. The van der Waals surface area contributed by atoms with Crippen LogP contribution in [0.1, 0.15) is 43.5 Å². The molecular formula is C22H24N2O3. The van der Waals surface area contributed by atoms with Crippen LogP contribution in [0.25, 0.3) is 5.57 Å². The van der Waals surface area contributed by atoms with Crippen LogP contribution in [0.4, 0.5) is 0 Å². The summed E-state index contributed by atoms with van der Waals surface area (Å²) in [6.45, 7) is 6.36. The quantitative estimate of drug-likeness (QED) is 0.850. The predicted octanol–water partition coefficient (Wildman–Crippen LogP) is 3.63. The Balaban J connectivity index is 1.97. The maximum atomic E-state index is 13.2. The van der Waals surface area contributed by atoms with Crippen molar-refractivity contribution in [3.05, 3.63) is 77.0 Å². The van der Waals surface area contributed by atoms with E-state index >= 15 is 0 Å². The number of amides is 1. The third-order valence-electron chi connectivity index (χ3n) is 4.66. The fraction of sp³-hybridized carbons (Fsp3) is 0.273. The van der Waals surface area contributed by atoms with Gasteiger partial charge in [-0.25, -0.2) is 0 Å². The first-order valence-corrected chi connectivity index (χ1v) is 9.08. The number of Topliss-reactive ketones (excluding diaryl/α,β-unsaturated/α-hetero) is 1. The van der Waals surface area contributed by atoms with Crippen molar-refractivity contribution in [2.24, 2.45) is 0 Å². The van der Waals surface area contributed by atoms with Gasteiger partial charge in [0.2, 0.25) is 0 Å². The SMILES string of the molecule is CCON1Cc2ccccc2C(C(=O)N[C@H](C(C)=O)c2ccccc2)=C1C. The van der Waals surface area contributed by atoms with Gasteiger partial charge in [0.25, 0.3) is 5.91 Å². The molecule has 0 aromatic heterocycles. The van der Waals surface area contributed by atoms with Crippen molar-refractivity contribution in [2.75, 3.05) is 6.61 Å². The molecule has 5 heteroatoms. The molecule has 0 saturated carbocycles. The van der Waals surface area contributed by atoms with Crippen LogP contribution in [0.5, 0.6) is 0 Å². The first-order chi connectivity index (χ1) is 13.0. The van der Waals surface area contributed by atoms with Crippen LogP contribution in [0.3, 0.4) is 0 Å². The van der Waals surface area contributed by atoms with E-state index < -0.39 is 6.04 Å². The lowest BCUT2D eigenvalue weighted by Gasteiger charge is -2.32. The fourth-order valence-electron chi connectivity index (χ4n) is 3.35. The molecule has 1 aliphatic rings. The number of ketones is 1. The normalized spacial score (nSPS) is 14.6. The zero-order chi connectivity index (χ0) is 19.4. The Morgan fingerprint density at radius 2 is 1.78 bits per heavy atom. The minimum atomic E-state index is -0.686. The van der Waals surface area contributed by atoms with Crippen molar-refractivity contribution < 1.29 is 14.4 Å². The van der Waals surface area contributed by atoms with Crippen LogP contribution >= 0.6 is 0 Å². The first kappa shape index (κ1) is 18.9. The molecule has 1 aliphatic heterocycles. The molecule has 0 radical (unpaired) electrons. The Morgan fingerprint density at radius 1 is 1.11 bits per heavy atom. The number of hydrogen-bond donors (Lipinski definition) is 1. The number of nitrogens with zero attached hydrogens (tertiary/aromatic N) is 1. The monoisotopic (exact) mass is 364 g/mol. The molecular weight excluding hydrogens is 340 g/mol. The Hall–Kier alpha value is -2.92. The zero-order valence-electron chi connectivity index (χ0n) is 15.9. The van der Waals surface area contributed by atoms with Crippen molar-refractivity contribution in [2.45, 2.75) is 33.4 Å². The summed E-state index contributed by atoms with van der Waals surface area (Å²) in [5.41, 5.74) is 3.93. The lowest BCUT2D eigenvalue weighted by atomic mass is 9.93. The van der Waals surface area contributed by atoms with Crippen molar-refractivity contribution in [3.8, 4) is 0 Å². The second kappa shape index (κ2) is 8.18. The highest BCUT2D eigenvalue weighted by atomic mass is 16.7. The molecule has 1 atom stereocenters. The van der Waals surface area contributed by atoms with Crippen LogP contribution in [0, 0.1) is 0 Å². The third kappa shape index (κ3) is 3.93. The van der Waals surface area contributed by atoms with Gasteiger partial charge in [-0.3, -0.25) is 19.5 Å². The maximum Gasteiger partial charge on any atom is 0.254 e. The highest BCUT2D eigenvalue weighted by Crippen LogP contribution is 2.32. The van der Waals surface area contributed by atoms with Gasteiger partial charge in [0.1, 0.15) is 6.04 Å². The molecule has 2 aromatic rings. The molecule has 27 heavy (non-hydrogen) atoms. The van der Waals surface area contributed by atoms with E-state index in [1.807, 2.05) is 68.4 Å². The third-order valence-corrected chi connectivity index (χ3v) is 4.66. The van der Waals surface area contributed by atoms with E-state index in [2.05, 4.69) is 5.32 Å². The van der Waals surface area contributed by atoms with Gasteiger partial charge >= 0.3 is 0 Å². The molecule has 140 valence electrons. The Morgan fingerprint density at radius 3 is 2.44 bits per heavy atom. The largest absolute Gasteiger partial charge is 0.338 e. The number of benzene rings is 2. The molecule has 0 fully saturated rings. The van der Waals surface area contributed by atoms with Crippen LogP contribution in [0.15, 0.2) is 60.3 Å². The Bertz CT molecular complexity index is 874. The summed E-state index contributed by atoms with van der Waals surface area (Å²) in [5, 5.41) is 4.65. The number of allylic oxidation sites excluding steroid dienone is 1. The molecule has 1 N–H and O–H groups in total. The number of nitrogens with one attached hydrogen (secondary N) is 1. The lowest BCUT2D eigenvalue weighted by Crippen LogP contribution is -2.37. The van der Waals surface area contributed by atoms with Gasteiger partial charge < -0.3 is 5.32 Å². The molecule has 2 aromatic carbocycles.